The van der Waals surface area contributed by atoms with Crippen molar-refractivity contribution in [3.8, 4) is 0 Å². The zero-order valence-corrected chi connectivity index (χ0v) is 14.8. The molecule has 2 aromatic rings. The van der Waals surface area contributed by atoms with E-state index in [0.717, 1.165) is 36.9 Å². The molecule has 3 rings (SSSR count). The normalized spacial score (nSPS) is 13.5. The molecule has 1 amide bonds. The molecule has 0 spiro atoms. The fourth-order valence-electron chi connectivity index (χ4n) is 2.42. The number of nitrogens with zero attached hydrogens (tertiary/aromatic N) is 3. The number of H-pyrrole nitrogens is 1. The number of methoxy groups -OCH3 is 1. The molecule has 0 radical (unpaired) electrons. The summed E-state index contributed by atoms with van der Waals surface area (Å²) < 4.78 is 4.96. The number of aromatic nitrogens is 4. The lowest BCUT2D eigenvalue weighted by molar-refractivity contribution is -0.113. The molecular formula is C14H17N5O3S2. The van der Waals surface area contributed by atoms with E-state index in [0.29, 0.717) is 21.9 Å². The summed E-state index contributed by atoms with van der Waals surface area (Å²) >= 11 is 2.47. The highest BCUT2D eigenvalue weighted by molar-refractivity contribution is 7.99. The number of thioether (sulfide) groups is 1. The number of aromatic amines is 1. The highest BCUT2D eigenvalue weighted by Gasteiger charge is 2.16. The Kier molecular flexibility index (Phi) is 5.59. The van der Waals surface area contributed by atoms with Crippen LogP contribution in [0.15, 0.2) is 9.95 Å². The molecule has 0 fully saturated rings. The average Bonchev–Trinajstić information content (AvgIpc) is 3.00. The van der Waals surface area contributed by atoms with Gasteiger partial charge in [-0.3, -0.25) is 14.9 Å². The Morgan fingerprint density at radius 3 is 3.04 bits per heavy atom. The smallest absolute Gasteiger partial charge is 0.254 e. The van der Waals surface area contributed by atoms with E-state index in [1.807, 2.05) is 0 Å². The quantitative estimate of drug-likeness (QED) is 0.586. The van der Waals surface area contributed by atoms with Crippen LogP contribution in [0.2, 0.25) is 0 Å². The van der Waals surface area contributed by atoms with Gasteiger partial charge in [0.15, 0.2) is 5.16 Å². The number of amides is 1. The summed E-state index contributed by atoms with van der Waals surface area (Å²) in [5, 5.41) is 12.1. The molecule has 2 N–H and O–H groups in total. The molecule has 10 heteroatoms. The van der Waals surface area contributed by atoms with E-state index in [4.69, 9.17) is 4.74 Å². The van der Waals surface area contributed by atoms with Gasteiger partial charge in [0.05, 0.1) is 11.4 Å². The standard InChI is InChI=1S/C14H17N5O3S2/c1-22-6-11-18-19-14(24-11)16-10(20)7-23-13-15-9-5-3-2-4-8(9)12(21)17-13/h2-7H2,1H3,(H,15,17,21)(H,16,19,20). The van der Waals surface area contributed by atoms with Gasteiger partial charge in [0.25, 0.3) is 5.56 Å². The number of carbonyl (C=O) groups is 1. The highest BCUT2D eigenvalue weighted by Crippen LogP contribution is 2.20. The zero-order chi connectivity index (χ0) is 16.9. The molecule has 8 nitrogen and oxygen atoms in total. The molecule has 0 atom stereocenters. The predicted molar refractivity (Wildman–Crippen MR) is 91.5 cm³/mol. The molecule has 0 saturated heterocycles. The molecule has 0 aliphatic heterocycles. The first-order valence-corrected chi connectivity index (χ1v) is 9.32. The Balaban J connectivity index is 1.58. The van der Waals surface area contributed by atoms with E-state index in [-0.39, 0.29) is 17.2 Å². The lowest BCUT2D eigenvalue weighted by Crippen LogP contribution is -2.22. The summed E-state index contributed by atoms with van der Waals surface area (Å²) in [5.74, 6) is -0.0820. The summed E-state index contributed by atoms with van der Waals surface area (Å²) in [7, 11) is 1.57. The first kappa shape index (κ1) is 17.1. The van der Waals surface area contributed by atoms with Crippen molar-refractivity contribution < 1.29 is 9.53 Å². The monoisotopic (exact) mass is 367 g/mol. The minimum atomic E-state index is -0.222. The topological polar surface area (TPSA) is 110 Å². The van der Waals surface area contributed by atoms with Crippen molar-refractivity contribution in [3.05, 3.63) is 26.6 Å². The first-order chi connectivity index (χ1) is 11.7. The van der Waals surface area contributed by atoms with Crippen LogP contribution in [0.3, 0.4) is 0 Å². The maximum absolute atomic E-state index is 12.0. The van der Waals surface area contributed by atoms with Crippen molar-refractivity contribution in [1.29, 1.82) is 0 Å². The van der Waals surface area contributed by atoms with Crippen molar-refractivity contribution in [2.75, 3.05) is 18.2 Å². The Labute approximate surface area is 146 Å². The fraction of sp³-hybridized carbons (Fsp3) is 0.500. The number of hydrogen-bond donors (Lipinski definition) is 2. The van der Waals surface area contributed by atoms with Gasteiger partial charge in [-0.2, -0.15) is 0 Å². The van der Waals surface area contributed by atoms with Crippen LogP contribution in [0.25, 0.3) is 0 Å². The van der Waals surface area contributed by atoms with Gasteiger partial charge in [-0.05, 0) is 25.7 Å². The van der Waals surface area contributed by atoms with Gasteiger partial charge in [-0.1, -0.05) is 23.1 Å². The van der Waals surface area contributed by atoms with Crippen molar-refractivity contribution in [1.82, 2.24) is 20.2 Å². The molecule has 1 aliphatic carbocycles. The molecule has 0 saturated carbocycles. The summed E-state index contributed by atoms with van der Waals surface area (Å²) in [6, 6.07) is 0. The lowest BCUT2D eigenvalue weighted by atomic mass is 9.97. The molecule has 2 heterocycles. The molecule has 128 valence electrons. The third-order valence-corrected chi connectivity index (χ3v) is 5.18. The van der Waals surface area contributed by atoms with Gasteiger partial charge >= 0.3 is 0 Å². The largest absolute Gasteiger partial charge is 0.377 e. The Morgan fingerprint density at radius 2 is 2.21 bits per heavy atom. The third-order valence-electron chi connectivity index (χ3n) is 3.49. The Morgan fingerprint density at radius 1 is 1.38 bits per heavy atom. The van der Waals surface area contributed by atoms with E-state index >= 15 is 0 Å². The number of ether oxygens (including phenoxy) is 1. The number of carbonyl (C=O) groups excluding carboxylic acids is 1. The Hall–Kier alpha value is -1.78. The van der Waals surface area contributed by atoms with Crippen molar-refractivity contribution in [2.45, 2.75) is 37.4 Å². The van der Waals surface area contributed by atoms with Gasteiger partial charge in [0, 0.05) is 12.7 Å². The minimum Gasteiger partial charge on any atom is -0.377 e. The molecule has 2 aromatic heterocycles. The van der Waals surface area contributed by atoms with Gasteiger partial charge in [-0.25, -0.2) is 4.98 Å². The van der Waals surface area contributed by atoms with Crippen LogP contribution < -0.4 is 10.9 Å². The average molecular weight is 367 g/mol. The second-order valence-electron chi connectivity index (χ2n) is 5.27. The van der Waals surface area contributed by atoms with Crippen LogP contribution >= 0.6 is 23.1 Å². The molecule has 0 unspecified atom stereocenters. The highest BCUT2D eigenvalue weighted by atomic mass is 32.2. The molecule has 1 aliphatic rings. The number of anilines is 1. The molecule has 0 aromatic carbocycles. The van der Waals surface area contributed by atoms with Crippen molar-refractivity contribution in [2.24, 2.45) is 0 Å². The van der Waals surface area contributed by atoms with Crippen molar-refractivity contribution >= 4 is 34.1 Å². The summed E-state index contributed by atoms with van der Waals surface area (Å²) in [6.45, 7) is 0.364. The van der Waals surface area contributed by atoms with E-state index in [9.17, 15) is 9.59 Å². The van der Waals surface area contributed by atoms with Gasteiger partial charge < -0.3 is 9.72 Å². The van der Waals surface area contributed by atoms with Crippen LogP contribution in [0.4, 0.5) is 5.13 Å². The third kappa shape index (κ3) is 4.19. The summed E-state index contributed by atoms with van der Waals surface area (Å²) in [4.78, 5) is 31.2. The molecule has 0 bridgehead atoms. The van der Waals surface area contributed by atoms with E-state index in [2.05, 4.69) is 25.5 Å². The number of nitrogens with one attached hydrogen (secondary N) is 2. The molecular weight excluding hydrogens is 350 g/mol. The first-order valence-electron chi connectivity index (χ1n) is 7.51. The van der Waals surface area contributed by atoms with Gasteiger partial charge in [-0.15, -0.1) is 10.2 Å². The second-order valence-corrected chi connectivity index (χ2v) is 7.30. The van der Waals surface area contributed by atoms with Crippen LogP contribution in [0, 0.1) is 0 Å². The second kappa shape index (κ2) is 7.86. The van der Waals surface area contributed by atoms with Crippen LogP contribution in [-0.2, 0) is 29.0 Å². The van der Waals surface area contributed by atoms with Crippen LogP contribution in [-0.4, -0.2) is 38.9 Å². The van der Waals surface area contributed by atoms with Crippen LogP contribution in [0.5, 0.6) is 0 Å². The lowest BCUT2D eigenvalue weighted by Gasteiger charge is -2.14. The number of rotatable bonds is 6. The maximum atomic E-state index is 12.0. The molecule has 24 heavy (non-hydrogen) atoms. The summed E-state index contributed by atoms with van der Waals surface area (Å²) in [6.07, 6.45) is 3.69. The minimum absolute atomic E-state index is 0.0871. The predicted octanol–water partition coefficient (Wildman–Crippen LogP) is 1.38. The van der Waals surface area contributed by atoms with E-state index in [1.165, 1.54) is 23.1 Å². The van der Waals surface area contributed by atoms with E-state index < -0.39 is 0 Å². The van der Waals surface area contributed by atoms with Crippen molar-refractivity contribution in [3.63, 3.8) is 0 Å². The number of fused-ring (bicyclic) bond motifs is 1. The summed E-state index contributed by atoms with van der Waals surface area (Å²) in [5.41, 5.74) is 1.56. The maximum Gasteiger partial charge on any atom is 0.254 e. The number of hydrogen-bond acceptors (Lipinski definition) is 8. The van der Waals surface area contributed by atoms with Gasteiger partial charge in [0.2, 0.25) is 11.0 Å². The fourth-order valence-corrected chi connectivity index (χ4v) is 3.83. The number of aryl methyl sites for hydroxylation is 1. The zero-order valence-electron chi connectivity index (χ0n) is 13.1. The van der Waals surface area contributed by atoms with E-state index in [1.54, 1.807) is 7.11 Å². The SMILES string of the molecule is COCc1nnc(NC(=O)CSc2nc3c(c(=O)[nH]2)CCCC3)s1. The van der Waals surface area contributed by atoms with Crippen LogP contribution in [0.1, 0.15) is 29.1 Å². The Bertz CT molecular complexity index is 789. The van der Waals surface area contributed by atoms with Gasteiger partial charge in [0.1, 0.15) is 11.6 Å².